The lowest BCUT2D eigenvalue weighted by atomic mass is 10.1. The number of nitrogens with two attached hydrogens (primary N) is 2. The molecule has 0 saturated heterocycles. The minimum absolute atomic E-state index is 0.263. The molecule has 0 fully saturated rings. The van der Waals surface area contributed by atoms with Crippen LogP contribution in [0.1, 0.15) is 26.2 Å². The van der Waals surface area contributed by atoms with Crippen LogP contribution in [0.15, 0.2) is 0 Å². The van der Waals surface area contributed by atoms with Crippen LogP contribution in [0.5, 0.6) is 0 Å². The summed E-state index contributed by atoms with van der Waals surface area (Å²) in [6.45, 7) is 1.40. The third-order valence-electron chi connectivity index (χ3n) is 2.83. The third-order valence-corrected chi connectivity index (χ3v) is 2.83. The summed E-state index contributed by atoms with van der Waals surface area (Å²) >= 11 is 0. The van der Waals surface area contributed by atoms with Crippen LogP contribution in [0, 0.1) is 0 Å². The first-order valence-electron chi connectivity index (χ1n) is 6.73. The Bertz CT molecular complexity index is 362. The van der Waals surface area contributed by atoms with Gasteiger partial charge in [0.25, 0.3) is 0 Å². The van der Waals surface area contributed by atoms with Crippen molar-refractivity contribution in [2.45, 2.75) is 44.4 Å². The number of hydrogen-bond donors (Lipinski definition) is 6. The highest BCUT2D eigenvalue weighted by molar-refractivity contribution is 5.89. The van der Waals surface area contributed by atoms with Crippen molar-refractivity contribution >= 4 is 17.8 Å². The molecular weight excluding hydrogens is 280 g/mol. The second-order valence-electron chi connectivity index (χ2n) is 4.73. The van der Waals surface area contributed by atoms with Crippen molar-refractivity contribution < 1.29 is 24.6 Å². The van der Waals surface area contributed by atoms with E-state index in [1.807, 2.05) is 0 Å². The summed E-state index contributed by atoms with van der Waals surface area (Å²) in [5, 5.41) is 22.6. The van der Waals surface area contributed by atoms with E-state index in [-0.39, 0.29) is 6.42 Å². The summed E-state index contributed by atoms with van der Waals surface area (Å²) in [4.78, 5) is 34.0. The standard InChI is InChI=1S/C12H24N4O5/c1-7(17)10(14)11(19)15-6-9(18)16-8(12(20)21)4-2-3-5-13/h7-8,10,17H,2-6,13-14H2,1H3,(H,15,19)(H,16,18)(H,20,21)/t7-,8+,10+/m1/s1. The minimum atomic E-state index is -1.15. The summed E-state index contributed by atoms with van der Waals surface area (Å²) < 4.78 is 0. The van der Waals surface area contributed by atoms with Crippen molar-refractivity contribution in [3.05, 3.63) is 0 Å². The predicted molar refractivity (Wildman–Crippen MR) is 75.1 cm³/mol. The largest absolute Gasteiger partial charge is 0.480 e. The van der Waals surface area contributed by atoms with E-state index in [0.717, 1.165) is 0 Å². The van der Waals surface area contributed by atoms with Crippen LogP contribution in [0.4, 0.5) is 0 Å². The van der Waals surface area contributed by atoms with Crippen molar-refractivity contribution in [2.24, 2.45) is 11.5 Å². The zero-order chi connectivity index (χ0) is 16.4. The molecule has 0 aliphatic rings. The number of rotatable bonds is 10. The van der Waals surface area contributed by atoms with Gasteiger partial charge in [-0.15, -0.1) is 0 Å². The minimum Gasteiger partial charge on any atom is -0.480 e. The molecule has 0 aromatic heterocycles. The molecule has 0 heterocycles. The van der Waals surface area contributed by atoms with Gasteiger partial charge in [0.2, 0.25) is 11.8 Å². The topological polar surface area (TPSA) is 168 Å². The Kier molecular flexibility index (Phi) is 9.26. The van der Waals surface area contributed by atoms with Gasteiger partial charge in [-0.25, -0.2) is 4.79 Å². The first-order chi connectivity index (χ1) is 9.79. The number of carboxylic acids is 1. The van der Waals surface area contributed by atoms with Gasteiger partial charge >= 0.3 is 5.97 Å². The Labute approximate surface area is 123 Å². The Morgan fingerprint density at radius 1 is 1.24 bits per heavy atom. The maximum absolute atomic E-state index is 11.6. The summed E-state index contributed by atoms with van der Waals surface area (Å²) in [5.41, 5.74) is 10.7. The molecule has 0 aliphatic carbocycles. The van der Waals surface area contributed by atoms with E-state index in [1.165, 1.54) is 6.92 Å². The predicted octanol–water partition coefficient (Wildman–Crippen LogP) is -2.49. The van der Waals surface area contributed by atoms with Crippen molar-refractivity contribution in [3.63, 3.8) is 0 Å². The number of hydrogen-bond acceptors (Lipinski definition) is 6. The molecule has 9 nitrogen and oxygen atoms in total. The van der Waals surface area contributed by atoms with E-state index in [2.05, 4.69) is 10.6 Å². The number of amides is 2. The first kappa shape index (κ1) is 19.3. The normalized spacial score (nSPS) is 14.9. The van der Waals surface area contributed by atoms with Gasteiger partial charge in [-0.2, -0.15) is 0 Å². The van der Waals surface area contributed by atoms with Crippen molar-refractivity contribution in [3.8, 4) is 0 Å². The van der Waals surface area contributed by atoms with Crippen molar-refractivity contribution in [2.75, 3.05) is 13.1 Å². The molecule has 21 heavy (non-hydrogen) atoms. The highest BCUT2D eigenvalue weighted by atomic mass is 16.4. The lowest BCUT2D eigenvalue weighted by Gasteiger charge is -2.16. The molecule has 2 amide bonds. The number of aliphatic hydroxyl groups is 1. The molecule has 0 aromatic carbocycles. The van der Waals surface area contributed by atoms with Crippen LogP contribution >= 0.6 is 0 Å². The number of aliphatic hydroxyl groups excluding tert-OH is 1. The van der Waals surface area contributed by atoms with Crippen LogP contribution in [0.3, 0.4) is 0 Å². The Hall–Kier alpha value is -1.71. The van der Waals surface area contributed by atoms with Crippen LogP contribution in [0.25, 0.3) is 0 Å². The molecule has 0 bridgehead atoms. The van der Waals surface area contributed by atoms with Gasteiger partial charge in [0.05, 0.1) is 12.6 Å². The summed E-state index contributed by atoms with van der Waals surface area (Å²) in [7, 11) is 0. The fourth-order valence-corrected chi connectivity index (χ4v) is 1.50. The lowest BCUT2D eigenvalue weighted by Crippen LogP contribution is -2.51. The van der Waals surface area contributed by atoms with Gasteiger partial charge in [0.1, 0.15) is 12.1 Å². The Balaban J connectivity index is 4.20. The molecule has 0 radical (unpaired) electrons. The Morgan fingerprint density at radius 3 is 2.33 bits per heavy atom. The fourth-order valence-electron chi connectivity index (χ4n) is 1.50. The van der Waals surface area contributed by atoms with Crippen molar-refractivity contribution in [1.82, 2.24) is 10.6 Å². The van der Waals surface area contributed by atoms with Gasteiger partial charge in [-0.1, -0.05) is 0 Å². The van der Waals surface area contributed by atoms with E-state index in [9.17, 15) is 14.4 Å². The summed E-state index contributed by atoms with van der Waals surface area (Å²) in [6.07, 6.45) is 0.461. The van der Waals surface area contributed by atoms with E-state index in [1.54, 1.807) is 0 Å². The van der Waals surface area contributed by atoms with Crippen LogP contribution in [-0.4, -0.2) is 59.3 Å². The number of unbranched alkanes of at least 4 members (excludes halogenated alkanes) is 1. The zero-order valence-electron chi connectivity index (χ0n) is 12.0. The van der Waals surface area contributed by atoms with E-state index >= 15 is 0 Å². The molecule has 0 rings (SSSR count). The molecule has 3 atom stereocenters. The first-order valence-corrected chi connectivity index (χ1v) is 6.73. The monoisotopic (exact) mass is 304 g/mol. The summed E-state index contributed by atoms with van der Waals surface area (Å²) in [6, 6.07) is -2.16. The van der Waals surface area contributed by atoms with Crippen LogP contribution < -0.4 is 22.1 Å². The molecule has 0 saturated carbocycles. The van der Waals surface area contributed by atoms with Gasteiger partial charge in [0, 0.05) is 0 Å². The zero-order valence-corrected chi connectivity index (χ0v) is 12.0. The maximum atomic E-state index is 11.6. The van der Waals surface area contributed by atoms with Gasteiger partial charge in [-0.3, -0.25) is 9.59 Å². The van der Waals surface area contributed by atoms with Crippen LogP contribution in [-0.2, 0) is 14.4 Å². The number of aliphatic carboxylic acids is 1. The fraction of sp³-hybridized carbons (Fsp3) is 0.750. The van der Waals surface area contributed by atoms with Crippen LogP contribution in [0.2, 0.25) is 0 Å². The molecule has 9 heteroatoms. The molecule has 0 unspecified atom stereocenters. The molecule has 0 spiro atoms. The molecule has 0 aliphatic heterocycles. The molecule has 122 valence electrons. The lowest BCUT2D eigenvalue weighted by molar-refractivity contribution is -0.142. The van der Waals surface area contributed by atoms with E-state index < -0.39 is 42.5 Å². The second-order valence-corrected chi connectivity index (χ2v) is 4.73. The third kappa shape index (κ3) is 8.23. The van der Waals surface area contributed by atoms with Gasteiger partial charge < -0.3 is 32.3 Å². The van der Waals surface area contributed by atoms with E-state index in [0.29, 0.717) is 19.4 Å². The average molecular weight is 304 g/mol. The highest BCUT2D eigenvalue weighted by Gasteiger charge is 2.22. The SMILES string of the molecule is C[C@@H](O)[C@H](N)C(=O)NCC(=O)N[C@@H](CCCCN)C(=O)O. The number of nitrogens with one attached hydrogen (secondary N) is 2. The summed E-state index contributed by atoms with van der Waals surface area (Å²) in [5.74, 6) is -2.47. The molecule has 8 N–H and O–H groups in total. The second kappa shape index (κ2) is 10.1. The van der Waals surface area contributed by atoms with Crippen molar-refractivity contribution in [1.29, 1.82) is 0 Å². The van der Waals surface area contributed by atoms with Gasteiger partial charge in [0.15, 0.2) is 0 Å². The van der Waals surface area contributed by atoms with Gasteiger partial charge in [-0.05, 0) is 32.7 Å². The maximum Gasteiger partial charge on any atom is 0.326 e. The van der Waals surface area contributed by atoms with E-state index in [4.69, 9.17) is 21.7 Å². The molecule has 0 aromatic rings. The number of carboxylic acid groups (broad SMARTS) is 1. The quantitative estimate of drug-likeness (QED) is 0.243. The smallest absolute Gasteiger partial charge is 0.326 e. The molecular formula is C12H24N4O5. The average Bonchev–Trinajstić information content (AvgIpc) is 2.42. The Morgan fingerprint density at radius 2 is 1.86 bits per heavy atom. The number of carbonyl (C=O) groups is 3. The highest BCUT2D eigenvalue weighted by Crippen LogP contribution is 2.00. The number of carbonyl (C=O) groups excluding carboxylic acids is 2.